The molecule has 1 heterocycles. The third-order valence-corrected chi connectivity index (χ3v) is 2.95. The van der Waals surface area contributed by atoms with Crippen LogP contribution in [0.2, 0.25) is 0 Å². The van der Waals surface area contributed by atoms with E-state index in [-0.39, 0.29) is 5.82 Å². The first-order valence-corrected chi connectivity index (χ1v) is 6.39. The standard InChI is InChI=1S/C15H13FN4/c16-12-5-3-4-11(10-12)8-9-17-15-18-13-6-1-2-7-14(13)19-20-15/h1-7,10H,8-9H2,(H,17,18,20). The molecule has 0 aliphatic rings. The van der Waals surface area contributed by atoms with Crippen LogP contribution in [0.25, 0.3) is 11.0 Å². The number of anilines is 1. The molecule has 0 aliphatic carbocycles. The molecule has 0 aliphatic heterocycles. The molecule has 5 heteroatoms. The number of rotatable bonds is 4. The van der Waals surface area contributed by atoms with Gasteiger partial charge in [-0.1, -0.05) is 24.3 Å². The van der Waals surface area contributed by atoms with Gasteiger partial charge in [-0.3, -0.25) is 0 Å². The summed E-state index contributed by atoms with van der Waals surface area (Å²) in [5, 5.41) is 11.2. The Morgan fingerprint density at radius 3 is 2.65 bits per heavy atom. The van der Waals surface area contributed by atoms with Gasteiger partial charge >= 0.3 is 0 Å². The monoisotopic (exact) mass is 268 g/mol. The predicted octanol–water partition coefficient (Wildman–Crippen LogP) is 2.82. The second kappa shape index (κ2) is 5.61. The maximum Gasteiger partial charge on any atom is 0.243 e. The highest BCUT2D eigenvalue weighted by Crippen LogP contribution is 2.09. The van der Waals surface area contributed by atoms with Crippen molar-refractivity contribution in [3.8, 4) is 0 Å². The van der Waals surface area contributed by atoms with E-state index in [0.717, 1.165) is 16.6 Å². The van der Waals surface area contributed by atoms with E-state index in [0.29, 0.717) is 18.9 Å². The van der Waals surface area contributed by atoms with Crippen molar-refractivity contribution in [1.82, 2.24) is 15.2 Å². The Morgan fingerprint density at radius 1 is 0.950 bits per heavy atom. The van der Waals surface area contributed by atoms with Crippen LogP contribution in [0.3, 0.4) is 0 Å². The van der Waals surface area contributed by atoms with Crippen molar-refractivity contribution in [2.24, 2.45) is 0 Å². The van der Waals surface area contributed by atoms with Crippen LogP contribution in [-0.2, 0) is 6.42 Å². The first kappa shape index (κ1) is 12.5. The van der Waals surface area contributed by atoms with Gasteiger partial charge in [0.05, 0.1) is 5.52 Å². The number of hydrogen-bond acceptors (Lipinski definition) is 4. The van der Waals surface area contributed by atoms with Crippen molar-refractivity contribution in [3.63, 3.8) is 0 Å². The summed E-state index contributed by atoms with van der Waals surface area (Å²) in [5.74, 6) is 0.270. The second-order valence-electron chi connectivity index (χ2n) is 4.43. The molecule has 100 valence electrons. The lowest BCUT2D eigenvalue weighted by Gasteiger charge is -2.05. The van der Waals surface area contributed by atoms with E-state index < -0.39 is 0 Å². The van der Waals surface area contributed by atoms with Gasteiger partial charge in [-0.15, -0.1) is 10.2 Å². The summed E-state index contributed by atoms with van der Waals surface area (Å²) < 4.78 is 13.0. The van der Waals surface area contributed by atoms with E-state index in [9.17, 15) is 4.39 Å². The molecule has 0 fully saturated rings. The van der Waals surface area contributed by atoms with Crippen LogP contribution in [0.4, 0.5) is 10.3 Å². The zero-order valence-corrected chi connectivity index (χ0v) is 10.8. The Morgan fingerprint density at radius 2 is 1.80 bits per heavy atom. The quantitative estimate of drug-likeness (QED) is 0.790. The third kappa shape index (κ3) is 2.88. The Labute approximate surface area is 115 Å². The van der Waals surface area contributed by atoms with Crippen LogP contribution in [0, 0.1) is 5.82 Å². The van der Waals surface area contributed by atoms with Gasteiger partial charge < -0.3 is 5.32 Å². The summed E-state index contributed by atoms with van der Waals surface area (Å²) >= 11 is 0. The Hall–Kier alpha value is -2.56. The molecule has 3 aromatic rings. The van der Waals surface area contributed by atoms with Crippen LogP contribution >= 0.6 is 0 Å². The maximum atomic E-state index is 13.0. The molecule has 2 aromatic carbocycles. The highest BCUT2D eigenvalue weighted by molar-refractivity contribution is 5.73. The third-order valence-electron chi connectivity index (χ3n) is 2.95. The first-order valence-electron chi connectivity index (χ1n) is 6.39. The van der Waals surface area contributed by atoms with E-state index >= 15 is 0 Å². The van der Waals surface area contributed by atoms with E-state index in [1.165, 1.54) is 12.1 Å². The van der Waals surface area contributed by atoms with Crippen LogP contribution < -0.4 is 5.32 Å². The molecule has 3 rings (SSSR count). The van der Waals surface area contributed by atoms with E-state index in [4.69, 9.17) is 0 Å². The second-order valence-corrected chi connectivity index (χ2v) is 4.43. The molecule has 0 spiro atoms. The number of aromatic nitrogens is 3. The van der Waals surface area contributed by atoms with Crippen molar-refractivity contribution in [1.29, 1.82) is 0 Å². The Kier molecular flexibility index (Phi) is 3.50. The largest absolute Gasteiger partial charge is 0.353 e. The first-order chi connectivity index (χ1) is 9.81. The molecule has 1 N–H and O–H groups in total. The molecule has 0 saturated heterocycles. The van der Waals surface area contributed by atoms with E-state index in [1.807, 2.05) is 30.3 Å². The minimum absolute atomic E-state index is 0.217. The molecule has 0 amide bonds. The van der Waals surface area contributed by atoms with Crippen molar-refractivity contribution in [3.05, 3.63) is 59.9 Å². The number of hydrogen-bond donors (Lipinski definition) is 1. The van der Waals surface area contributed by atoms with Crippen LogP contribution in [0.15, 0.2) is 48.5 Å². The van der Waals surface area contributed by atoms with Gasteiger partial charge in [0.25, 0.3) is 0 Å². The van der Waals surface area contributed by atoms with E-state index in [1.54, 1.807) is 6.07 Å². The zero-order chi connectivity index (χ0) is 13.8. The fraction of sp³-hybridized carbons (Fsp3) is 0.133. The van der Waals surface area contributed by atoms with Crippen molar-refractivity contribution in [2.75, 3.05) is 11.9 Å². The predicted molar refractivity (Wildman–Crippen MR) is 75.9 cm³/mol. The summed E-state index contributed by atoms with van der Waals surface area (Å²) in [5.41, 5.74) is 2.50. The maximum absolute atomic E-state index is 13.0. The van der Waals surface area contributed by atoms with Gasteiger partial charge in [0.2, 0.25) is 5.95 Å². The lowest BCUT2D eigenvalue weighted by molar-refractivity contribution is 0.625. The number of para-hydroxylation sites is 1. The Balaban J connectivity index is 1.65. The molecule has 0 bridgehead atoms. The number of halogens is 1. The van der Waals surface area contributed by atoms with Gasteiger partial charge in [0, 0.05) is 6.54 Å². The van der Waals surface area contributed by atoms with Gasteiger partial charge in [0.1, 0.15) is 11.3 Å². The number of nitrogens with zero attached hydrogens (tertiary/aromatic N) is 3. The minimum Gasteiger partial charge on any atom is -0.353 e. The lowest BCUT2D eigenvalue weighted by atomic mass is 10.1. The smallest absolute Gasteiger partial charge is 0.243 e. The number of nitrogens with one attached hydrogen (secondary N) is 1. The van der Waals surface area contributed by atoms with Gasteiger partial charge in [-0.2, -0.15) is 0 Å². The highest BCUT2D eigenvalue weighted by Gasteiger charge is 2.01. The molecule has 0 saturated carbocycles. The van der Waals surface area contributed by atoms with Crippen LogP contribution in [0.5, 0.6) is 0 Å². The Bertz CT molecular complexity index is 730. The molecular formula is C15H13FN4. The molecule has 0 radical (unpaired) electrons. The SMILES string of the molecule is Fc1cccc(CCNc2nnc3ccccc3n2)c1. The van der Waals surface area contributed by atoms with Gasteiger partial charge in [-0.25, -0.2) is 9.37 Å². The van der Waals surface area contributed by atoms with Crippen molar-refractivity contribution in [2.45, 2.75) is 6.42 Å². The summed E-state index contributed by atoms with van der Waals surface area (Å²) in [6.45, 7) is 0.628. The van der Waals surface area contributed by atoms with Crippen LogP contribution in [-0.4, -0.2) is 21.7 Å². The minimum atomic E-state index is -0.217. The average molecular weight is 268 g/mol. The van der Waals surface area contributed by atoms with E-state index in [2.05, 4.69) is 20.5 Å². The summed E-state index contributed by atoms with van der Waals surface area (Å²) in [6, 6.07) is 14.1. The van der Waals surface area contributed by atoms with Gasteiger partial charge in [-0.05, 0) is 36.2 Å². The lowest BCUT2D eigenvalue weighted by Crippen LogP contribution is -2.09. The summed E-state index contributed by atoms with van der Waals surface area (Å²) in [6.07, 6.45) is 0.702. The summed E-state index contributed by atoms with van der Waals surface area (Å²) in [4.78, 5) is 4.37. The topological polar surface area (TPSA) is 50.7 Å². The fourth-order valence-corrected chi connectivity index (χ4v) is 1.97. The molecule has 0 atom stereocenters. The fourth-order valence-electron chi connectivity index (χ4n) is 1.97. The highest BCUT2D eigenvalue weighted by atomic mass is 19.1. The van der Waals surface area contributed by atoms with Gasteiger partial charge in [0.15, 0.2) is 0 Å². The molecule has 0 unspecified atom stereocenters. The number of benzene rings is 2. The van der Waals surface area contributed by atoms with Crippen molar-refractivity contribution < 1.29 is 4.39 Å². The summed E-state index contributed by atoms with van der Waals surface area (Å²) in [7, 11) is 0. The zero-order valence-electron chi connectivity index (χ0n) is 10.8. The normalized spacial score (nSPS) is 10.7. The molecular weight excluding hydrogens is 255 g/mol. The average Bonchev–Trinajstić information content (AvgIpc) is 2.47. The van der Waals surface area contributed by atoms with Crippen LogP contribution in [0.1, 0.15) is 5.56 Å². The van der Waals surface area contributed by atoms with Crippen molar-refractivity contribution >= 4 is 17.0 Å². The molecule has 4 nitrogen and oxygen atoms in total. The number of fused-ring (bicyclic) bond motifs is 1. The molecule has 20 heavy (non-hydrogen) atoms. The molecule has 1 aromatic heterocycles.